The molecular weight excluding hydrogens is 270 g/mol. The predicted octanol–water partition coefficient (Wildman–Crippen LogP) is 0.814. The van der Waals surface area contributed by atoms with Gasteiger partial charge in [0.15, 0.2) is 11.3 Å². The highest BCUT2D eigenvalue weighted by molar-refractivity contribution is 7.93. The molecule has 1 aromatic carbocycles. The normalized spacial score (nSPS) is 11.6. The first-order valence-electron chi connectivity index (χ1n) is 5.17. The topological polar surface area (TPSA) is 111 Å². The quantitative estimate of drug-likeness (QED) is 0.754. The zero-order chi connectivity index (χ0) is 13.3. The molecule has 3 rings (SSSR count). The maximum absolute atomic E-state index is 12.2. The monoisotopic (exact) mass is 277 g/mol. The van der Waals surface area contributed by atoms with Crippen LogP contribution >= 0.6 is 0 Å². The molecule has 0 aliphatic rings. The lowest BCUT2D eigenvalue weighted by atomic mass is 10.3. The fraction of sp³-hybridized carbons (Fsp3) is 0. The molecule has 0 amide bonds. The highest BCUT2D eigenvalue weighted by Crippen LogP contribution is 2.21. The van der Waals surface area contributed by atoms with Gasteiger partial charge in [0.25, 0.3) is 10.0 Å². The second kappa shape index (κ2) is 4.28. The number of hydrogen-bond acceptors (Lipinski definition) is 7. The van der Waals surface area contributed by atoms with Gasteiger partial charge in [-0.2, -0.15) is 0 Å². The number of fused-ring (bicyclic) bond motifs is 1. The molecule has 2 aromatic heterocycles. The maximum Gasteiger partial charge on any atom is 0.265 e. The Labute approximate surface area is 107 Å². The molecule has 0 spiro atoms. The highest BCUT2D eigenvalue weighted by atomic mass is 32.2. The average Bonchev–Trinajstić information content (AvgIpc) is 2.87. The van der Waals surface area contributed by atoms with E-state index in [-0.39, 0.29) is 16.2 Å². The highest BCUT2D eigenvalue weighted by Gasteiger charge is 2.20. The molecule has 0 bridgehead atoms. The Morgan fingerprint density at radius 1 is 1.16 bits per heavy atom. The van der Waals surface area contributed by atoms with Crippen molar-refractivity contribution >= 4 is 26.9 Å². The van der Waals surface area contributed by atoms with Crippen LogP contribution in [0.15, 0.2) is 46.3 Å². The molecule has 8 nitrogen and oxygen atoms in total. The number of benzene rings is 1. The smallest absolute Gasteiger partial charge is 0.262 e. The van der Waals surface area contributed by atoms with Crippen LogP contribution in [0.4, 0.5) is 5.82 Å². The minimum Gasteiger partial charge on any atom is -0.262 e. The fourth-order valence-electron chi connectivity index (χ4n) is 1.54. The molecule has 1 N–H and O–H groups in total. The van der Waals surface area contributed by atoms with E-state index in [2.05, 4.69) is 29.6 Å². The third kappa shape index (κ3) is 2.10. The molecule has 2 heterocycles. The summed E-state index contributed by atoms with van der Waals surface area (Å²) in [4.78, 5) is 7.59. The largest absolute Gasteiger partial charge is 0.265 e. The van der Waals surface area contributed by atoms with E-state index < -0.39 is 10.0 Å². The van der Waals surface area contributed by atoms with Crippen LogP contribution in [-0.4, -0.2) is 28.7 Å². The molecule has 3 aromatic rings. The zero-order valence-electron chi connectivity index (χ0n) is 9.39. The van der Waals surface area contributed by atoms with Gasteiger partial charge in [-0.3, -0.25) is 9.71 Å². The lowest BCUT2D eigenvalue weighted by molar-refractivity contribution is 0.315. The van der Waals surface area contributed by atoms with E-state index >= 15 is 0 Å². The van der Waals surface area contributed by atoms with Gasteiger partial charge in [0.1, 0.15) is 10.4 Å². The Bertz CT molecular complexity index is 815. The minimum absolute atomic E-state index is 0.0306. The molecule has 0 radical (unpaired) electrons. The first-order chi connectivity index (χ1) is 9.17. The maximum atomic E-state index is 12.2. The summed E-state index contributed by atoms with van der Waals surface area (Å²) in [6.45, 7) is 0. The second-order valence-electron chi connectivity index (χ2n) is 3.58. The number of rotatable bonds is 3. The average molecular weight is 277 g/mol. The Morgan fingerprint density at radius 2 is 2.05 bits per heavy atom. The van der Waals surface area contributed by atoms with E-state index in [1.165, 1.54) is 24.7 Å². The van der Waals surface area contributed by atoms with Crippen LogP contribution in [0.3, 0.4) is 0 Å². The molecule has 0 aliphatic carbocycles. The molecule has 9 heteroatoms. The standard InChI is InChI=1S/C10H7N5O3S/c16-19(17,15-9-6-11-4-5-12-9)8-3-1-2-7-10(8)14-18-13-7/h1-6H,(H,12,15). The van der Waals surface area contributed by atoms with Crippen LogP contribution in [0.25, 0.3) is 11.0 Å². The summed E-state index contributed by atoms with van der Waals surface area (Å²) in [5.74, 6) is 0.121. The van der Waals surface area contributed by atoms with Gasteiger partial charge in [-0.05, 0) is 22.4 Å². The third-order valence-corrected chi connectivity index (χ3v) is 3.73. The van der Waals surface area contributed by atoms with Gasteiger partial charge in [-0.1, -0.05) is 6.07 Å². The van der Waals surface area contributed by atoms with Crippen molar-refractivity contribution < 1.29 is 13.0 Å². The number of hydrogen-bond donors (Lipinski definition) is 1. The van der Waals surface area contributed by atoms with Crippen LogP contribution in [0.1, 0.15) is 0 Å². The molecule has 0 saturated carbocycles. The van der Waals surface area contributed by atoms with E-state index in [1.807, 2.05) is 0 Å². The summed E-state index contributed by atoms with van der Waals surface area (Å²) < 4.78 is 31.3. The summed E-state index contributed by atoms with van der Waals surface area (Å²) in [5, 5.41) is 7.18. The minimum atomic E-state index is -3.82. The number of anilines is 1. The van der Waals surface area contributed by atoms with Crippen molar-refractivity contribution in [1.82, 2.24) is 20.3 Å². The summed E-state index contributed by atoms with van der Waals surface area (Å²) in [6, 6.07) is 4.57. The van der Waals surface area contributed by atoms with Gasteiger partial charge in [0, 0.05) is 12.4 Å². The third-order valence-electron chi connectivity index (χ3n) is 2.34. The van der Waals surface area contributed by atoms with Crippen molar-refractivity contribution in [3.8, 4) is 0 Å². The van der Waals surface area contributed by atoms with Crippen LogP contribution < -0.4 is 4.72 Å². The zero-order valence-corrected chi connectivity index (χ0v) is 10.2. The molecule has 0 saturated heterocycles. The number of sulfonamides is 1. The Morgan fingerprint density at radius 3 is 2.84 bits per heavy atom. The van der Waals surface area contributed by atoms with Gasteiger partial charge in [0.2, 0.25) is 0 Å². The van der Waals surface area contributed by atoms with Crippen LogP contribution in [0.5, 0.6) is 0 Å². The van der Waals surface area contributed by atoms with Gasteiger partial charge in [0.05, 0.1) is 6.20 Å². The van der Waals surface area contributed by atoms with E-state index in [0.29, 0.717) is 5.52 Å². The lowest BCUT2D eigenvalue weighted by Gasteiger charge is -2.06. The lowest BCUT2D eigenvalue weighted by Crippen LogP contribution is -2.14. The van der Waals surface area contributed by atoms with Crippen molar-refractivity contribution in [3.63, 3.8) is 0 Å². The predicted molar refractivity (Wildman–Crippen MR) is 64.6 cm³/mol. The number of nitrogens with one attached hydrogen (secondary N) is 1. The Hall–Kier alpha value is -2.55. The van der Waals surface area contributed by atoms with E-state index in [4.69, 9.17) is 0 Å². The first-order valence-corrected chi connectivity index (χ1v) is 6.65. The molecular formula is C10H7N5O3S. The molecule has 0 fully saturated rings. The molecule has 0 atom stereocenters. The fourth-order valence-corrected chi connectivity index (χ4v) is 2.69. The van der Waals surface area contributed by atoms with E-state index in [9.17, 15) is 8.42 Å². The van der Waals surface area contributed by atoms with Crippen molar-refractivity contribution in [2.45, 2.75) is 4.90 Å². The molecule has 0 unspecified atom stereocenters. The van der Waals surface area contributed by atoms with Crippen molar-refractivity contribution in [2.75, 3.05) is 4.72 Å². The van der Waals surface area contributed by atoms with Crippen molar-refractivity contribution in [2.24, 2.45) is 0 Å². The summed E-state index contributed by atoms with van der Waals surface area (Å²) in [7, 11) is -3.82. The molecule has 96 valence electrons. The second-order valence-corrected chi connectivity index (χ2v) is 5.24. The Balaban J connectivity index is 2.08. The van der Waals surface area contributed by atoms with Gasteiger partial charge >= 0.3 is 0 Å². The first kappa shape index (κ1) is 11.5. The Kier molecular flexibility index (Phi) is 2.60. The summed E-state index contributed by atoms with van der Waals surface area (Å²) in [5.41, 5.74) is 0.529. The number of aromatic nitrogens is 4. The molecule has 19 heavy (non-hydrogen) atoms. The summed E-state index contributed by atoms with van der Waals surface area (Å²) in [6.07, 6.45) is 4.13. The SMILES string of the molecule is O=S(=O)(Nc1cnccn1)c1cccc2nonc12. The van der Waals surface area contributed by atoms with Crippen LogP contribution in [-0.2, 0) is 10.0 Å². The van der Waals surface area contributed by atoms with E-state index in [1.54, 1.807) is 12.1 Å². The molecule has 0 aliphatic heterocycles. The van der Waals surface area contributed by atoms with E-state index in [0.717, 1.165) is 0 Å². The number of nitrogens with zero attached hydrogens (tertiary/aromatic N) is 4. The van der Waals surface area contributed by atoms with Gasteiger partial charge in [-0.15, -0.1) is 0 Å². The van der Waals surface area contributed by atoms with Crippen molar-refractivity contribution in [1.29, 1.82) is 0 Å². The van der Waals surface area contributed by atoms with Crippen LogP contribution in [0, 0.1) is 0 Å². The van der Waals surface area contributed by atoms with Crippen molar-refractivity contribution in [3.05, 3.63) is 36.8 Å². The van der Waals surface area contributed by atoms with Gasteiger partial charge in [-0.25, -0.2) is 18.0 Å². The van der Waals surface area contributed by atoms with Crippen LogP contribution in [0.2, 0.25) is 0 Å². The van der Waals surface area contributed by atoms with Gasteiger partial charge < -0.3 is 0 Å². The summed E-state index contributed by atoms with van der Waals surface area (Å²) >= 11 is 0.